The van der Waals surface area contributed by atoms with Crippen LogP contribution in [0.1, 0.15) is 26.3 Å². The van der Waals surface area contributed by atoms with Gasteiger partial charge in [-0.3, -0.25) is 4.79 Å². The van der Waals surface area contributed by atoms with Crippen LogP contribution in [-0.4, -0.2) is 41.0 Å². The van der Waals surface area contributed by atoms with Crippen molar-refractivity contribution in [2.75, 3.05) is 13.0 Å². The molecule has 2 aromatic rings. The molecule has 0 fully saturated rings. The van der Waals surface area contributed by atoms with Crippen molar-refractivity contribution in [1.82, 2.24) is 5.32 Å². The van der Waals surface area contributed by atoms with E-state index in [0.29, 0.717) is 10.9 Å². The maximum Gasteiger partial charge on any atom is 0.336 e. The van der Waals surface area contributed by atoms with Gasteiger partial charge in [-0.15, -0.1) is 11.6 Å². The first-order valence-corrected chi connectivity index (χ1v) is 7.36. The zero-order valence-corrected chi connectivity index (χ0v) is 13.4. The number of nitrogens with one attached hydrogen (secondary N) is 1. The zero-order valence-electron chi connectivity index (χ0n) is 12.6. The van der Waals surface area contributed by atoms with Gasteiger partial charge in [0, 0.05) is 17.5 Å². The lowest BCUT2D eigenvalue weighted by atomic mass is 9.94. The molecule has 0 spiro atoms. The number of benzene rings is 2. The SMILES string of the molecule is COc1cc(C(=O)O)c2c(C(=O)O)cccc2c1CNC(=O)CCl. The lowest BCUT2D eigenvalue weighted by molar-refractivity contribution is -0.118. The number of hydrogen-bond acceptors (Lipinski definition) is 4. The van der Waals surface area contributed by atoms with Gasteiger partial charge in [0.15, 0.2) is 0 Å². The molecule has 7 nitrogen and oxygen atoms in total. The van der Waals surface area contributed by atoms with E-state index in [1.54, 1.807) is 6.07 Å². The molecule has 0 aliphatic rings. The standard InChI is InChI=1S/C16H14ClNO6/c1-24-12-5-10(16(22)23)14-8(3-2-4-9(14)15(20)21)11(12)7-18-13(19)6-17/h2-5H,6-7H2,1H3,(H,18,19)(H,20,21)(H,22,23). The molecule has 24 heavy (non-hydrogen) atoms. The number of alkyl halides is 1. The number of carbonyl (C=O) groups excluding carboxylic acids is 1. The fraction of sp³-hybridized carbons (Fsp3) is 0.188. The first-order chi connectivity index (χ1) is 11.4. The Morgan fingerprint density at radius 3 is 2.38 bits per heavy atom. The van der Waals surface area contributed by atoms with Crippen LogP contribution in [0, 0.1) is 0 Å². The molecule has 0 radical (unpaired) electrons. The lowest BCUT2D eigenvalue weighted by Crippen LogP contribution is -2.24. The summed E-state index contributed by atoms with van der Waals surface area (Å²) in [6.07, 6.45) is 0. The van der Waals surface area contributed by atoms with E-state index in [1.165, 1.54) is 25.3 Å². The highest BCUT2D eigenvalue weighted by Gasteiger charge is 2.21. The Labute approximate surface area is 141 Å². The van der Waals surface area contributed by atoms with Crippen LogP contribution in [0.15, 0.2) is 24.3 Å². The van der Waals surface area contributed by atoms with Crippen molar-refractivity contribution >= 4 is 40.2 Å². The maximum atomic E-state index is 11.5. The predicted octanol–water partition coefficient (Wildman–Crippen LogP) is 2.10. The van der Waals surface area contributed by atoms with Crippen LogP contribution >= 0.6 is 11.6 Å². The van der Waals surface area contributed by atoms with E-state index in [-0.39, 0.29) is 34.7 Å². The molecule has 8 heteroatoms. The summed E-state index contributed by atoms with van der Waals surface area (Å²) in [6, 6.07) is 5.66. The number of carbonyl (C=O) groups is 3. The van der Waals surface area contributed by atoms with Crippen LogP contribution in [0.3, 0.4) is 0 Å². The van der Waals surface area contributed by atoms with Gasteiger partial charge in [0.2, 0.25) is 5.91 Å². The number of amides is 1. The molecule has 126 valence electrons. The summed E-state index contributed by atoms with van der Waals surface area (Å²) in [7, 11) is 1.36. The molecule has 0 unspecified atom stereocenters. The Morgan fingerprint density at radius 1 is 1.17 bits per heavy atom. The fourth-order valence-corrected chi connectivity index (χ4v) is 2.56. The summed E-state index contributed by atoms with van der Waals surface area (Å²) in [6.45, 7) is 0.0220. The normalized spacial score (nSPS) is 10.4. The molecule has 0 heterocycles. The zero-order chi connectivity index (χ0) is 17.9. The second kappa shape index (κ2) is 7.18. The van der Waals surface area contributed by atoms with Gasteiger partial charge in [0.1, 0.15) is 11.6 Å². The summed E-state index contributed by atoms with van der Waals surface area (Å²) in [5, 5.41) is 21.8. The first kappa shape index (κ1) is 17.6. The summed E-state index contributed by atoms with van der Waals surface area (Å²) in [4.78, 5) is 34.4. The molecule has 0 saturated heterocycles. The van der Waals surface area contributed by atoms with E-state index in [9.17, 15) is 24.6 Å². The van der Waals surface area contributed by atoms with E-state index in [1.807, 2.05) is 0 Å². The van der Waals surface area contributed by atoms with E-state index in [4.69, 9.17) is 16.3 Å². The number of carboxylic acids is 2. The first-order valence-electron chi connectivity index (χ1n) is 6.82. The topological polar surface area (TPSA) is 113 Å². The molecular formula is C16H14ClNO6. The van der Waals surface area contributed by atoms with Gasteiger partial charge in [0.25, 0.3) is 0 Å². The molecule has 0 saturated carbocycles. The largest absolute Gasteiger partial charge is 0.496 e. The van der Waals surface area contributed by atoms with Gasteiger partial charge in [0.05, 0.1) is 18.2 Å². The van der Waals surface area contributed by atoms with Crippen molar-refractivity contribution < 1.29 is 29.3 Å². The minimum absolute atomic E-state index is 0.0220. The second-order valence-corrected chi connectivity index (χ2v) is 5.12. The van der Waals surface area contributed by atoms with Crippen LogP contribution in [0.2, 0.25) is 0 Å². The van der Waals surface area contributed by atoms with Gasteiger partial charge < -0.3 is 20.3 Å². The van der Waals surface area contributed by atoms with Crippen molar-refractivity contribution in [3.63, 3.8) is 0 Å². The number of hydrogen-bond donors (Lipinski definition) is 3. The van der Waals surface area contributed by atoms with Gasteiger partial charge in [-0.2, -0.15) is 0 Å². The van der Waals surface area contributed by atoms with E-state index in [0.717, 1.165) is 0 Å². The minimum Gasteiger partial charge on any atom is -0.496 e. The Morgan fingerprint density at radius 2 is 1.83 bits per heavy atom. The average molecular weight is 352 g/mol. The number of fused-ring (bicyclic) bond motifs is 1. The molecule has 0 bridgehead atoms. The monoisotopic (exact) mass is 351 g/mol. The summed E-state index contributed by atoms with van der Waals surface area (Å²) in [5.41, 5.74) is 0.142. The van der Waals surface area contributed by atoms with E-state index < -0.39 is 17.8 Å². The number of rotatable bonds is 6. The predicted molar refractivity (Wildman–Crippen MR) is 87.0 cm³/mol. The molecule has 0 aliphatic heterocycles. The molecule has 0 aromatic heterocycles. The number of aromatic carboxylic acids is 2. The lowest BCUT2D eigenvalue weighted by Gasteiger charge is -2.16. The van der Waals surface area contributed by atoms with Crippen molar-refractivity contribution in [3.8, 4) is 5.75 Å². The molecular weight excluding hydrogens is 338 g/mol. The summed E-state index contributed by atoms with van der Waals surface area (Å²) >= 11 is 5.44. The Bertz CT molecular complexity index is 833. The highest BCUT2D eigenvalue weighted by molar-refractivity contribution is 6.27. The molecule has 2 rings (SSSR count). The van der Waals surface area contributed by atoms with Gasteiger partial charge >= 0.3 is 11.9 Å². The minimum atomic E-state index is -1.27. The Kier molecular flexibility index (Phi) is 5.25. The van der Waals surface area contributed by atoms with Crippen molar-refractivity contribution in [3.05, 3.63) is 41.0 Å². The molecule has 1 amide bonds. The highest BCUT2D eigenvalue weighted by atomic mass is 35.5. The van der Waals surface area contributed by atoms with Crippen LogP contribution in [0.5, 0.6) is 5.75 Å². The third kappa shape index (κ3) is 3.26. The van der Waals surface area contributed by atoms with Crippen LogP contribution in [0.4, 0.5) is 0 Å². The van der Waals surface area contributed by atoms with Gasteiger partial charge in [-0.05, 0) is 17.5 Å². The number of methoxy groups -OCH3 is 1. The third-order valence-electron chi connectivity index (χ3n) is 3.50. The number of ether oxygens (including phenoxy) is 1. The van der Waals surface area contributed by atoms with Gasteiger partial charge in [-0.25, -0.2) is 9.59 Å². The van der Waals surface area contributed by atoms with E-state index in [2.05, 4.69) is 5.32 Å². The fourth-order valence-electron chi connectivity index (χ4n) is 2.46. The maximum absolute atomic E-state index is 11.5. The number of halogens is 1. The van der Waals surface area contributed by atoms with Crippen LogP contribution in [-0.2, 0) is 11.3 Å². The van der Waals surface area contributed by atoms with Crippen LogP contribution < -0.4 is 10.1 Å². The van der Waals surface area contributed by atoms with Crippen LogP contribution in [0.25, 0.3) is 10.8 Å². The van der Waals surface area contributed by atoms with Crippen molar-refractivity contribution in [2.24, 2.45) is 0 Å². The molecule has 0 atom stereocenters. The van der Waals surface area contributed by atoms with Crippen molar-refractivity contribution in [1.29, 1.82) is 0 Å². The third-order valence-corrected chi connectivity index (χ3v) is 3.74. The summed E-state index contributed by atoms with van der Waals surface area (Å²) in [5.74, 6) is -2.93. The summed E-state index contributed by atoms with van der Waals surface area (Å²) < 4.78 is 5.22. The quantitative estimate of drug-likeness (QED) is 0.687. The highest BCUT2D eigenvalue weighted by Crippen LogP contribution is 2.33. The smallest absolute Gasteiger partial charge is 0.336 e. The Balaban J connectivity index is 2.79. The Hall–Kier alpha value is -2.80. The molecule has 3 N–H and O–H groups in total. The second-order valence-electron chi connectivity index (χ2n) is 4.85. The average Bonchev–Trinajstić information content (AvgIpc) is 2.57. The number of carboxylic acid groups (broad SMARTS) is 2. The van der Waals surface area contributed by atoms with Crippen molar-refractivity contribution in [2.45, 2.75) is 6.54 Å². The molecule has 0 aliphatic carbocycles. The molecule has 2 aromatic carbocycles. The van der Waals surface area contributed by atoms with E-state index >= 15 is 0 Å². The van der Waals surface area contributed by atoms with Gasteiger partial charge in [-0.1, -0.05) is 12.1 Å².